The lowest BCUT2D eigenvalue weighted by atomic mass is 10.2. The second kappa shape index (κ2) is 8.41. The van der Waals surface area contributed by atoms with Crippen LogP contribution in [0.4, 0.5) is 11.4 Å². The van der Waals surface area contributed by atoms with Gasteiger partial charge < -0.3 is 4.90 Å². The lowest BCUT2D eigenvalue weighted by Crippen LogP contribution is -2.28. The SMILES string of the molecule is CCN1C(=O)/C(=C\c2ccc(N3CCCC3)cc2)SC1=Nc1cccc(Cl)c1. The van der Waals surface area contributed by atoms with Gasteiger partial charge in [0, 0.05) is 30.3 Å². The maximum Gasteiger partial charge on any atom is 0.266 e. The van der Waals surface area contributed by atoms with Crippen molar-refractivity contribution in [2.24, 2.45) is 4.99 Å². The van der Waals surface area contributed by atoms with Gasteiger partial charge in [-0.1, -0.05) is 29.8 Å². The molecule has 0 atom stereocenters. The van der Waals surface area contributed by atoms with Crippen molar-refractivity contribution in [1.82, 2.24) is 4.90 Å². The van der Waals surface area contributed by atoms with Crippen molar-refractivity contribution in [3.8, 4) is 0 Å². The molecule has 2 aliphatic rings. The standard InChI is InChI=1S/C22H22ClN3OS/c1-2-26-21(27)20(28-22(26)24-18-7-5-6-17(23)15-18)14-16-8-10-19(11-9-16)25-12-3-4-13-25/h5-11,14-15H,2-4,12-13H2,1H3/b20-14+,24-22?. The number of rotatable bonds is 4. The number of carbonyl (C=O) groups is 1. The van der Waals surface area contributed by atoms with E-state index in [-0.39, 0.29) is 5.91 Å². The molecule has 2 aromatic rings. The molecular formula is C22H22ClN3OS. The van der Waals surface area contributed by atoms with Gasteiger partial charge in [0.25, 0.3) is 5.91 Å². The van der Waals surface area contributed by atoms with Crippen LogP contribution in [0.1, 0.15) is 25.3 Å². The summed E-state index contributed by atoms with van der Waals surface area (Å²) in [5.74, 6) is -0.00287. The number of aliphatic imine (C=N–C) groups is 1. The predicted molar refractivity (Wildman–Crippen MR) is 119 cm³/mol. The van der Waals surface area contributed by atoms with E-state index in [9.17, 15) is 4.79 Å². The molecule has 2 heterocycles. The highest BCUT2D eigenvalue weighted by molar-refractivity contribution is 8.18. The van der Waals surface area contributed by atoms with E-state index < -0.39 is 0 Å². The summed E-state index contributed by atoms with van der Waals surface area (Å²) in [5, 5.41) is 1.32. The molecule has 2 fully saturated rings. The third kappa shape index (κ3) is 4.10. The Morgan fingerprint density at radius 1 is 1.14 bits per heavy atom. The minimum atomic E-state index is -0.00287. The van der Waals surface area contributed by atoms with Crippen molar-refractivity contribution in [3.63, 3.8) is 0 Å². The van der Waals surface area contributed by atoms with Gasteiger partial charge in [0.2, 0.25) is 0 Å². The van der Waals surface area contributed by atoms with E-state index in [0.717, 1.165) is 24.3 Å². The van der Waals surface area contributed by atoms with Crippen LogP contribution in [0.15, 0.2) is 58.4 Å². The Balaban J connectivity index is 1.56. The Labute approximate surface area is 174 Å². The Bertz CT molecular complexity index is 933. The lowest BCUT2D eigenvalue weighted by molar-refractivity contribution is -0.122. The van der Waals surface area contributed by atoms with Gasteiger partial charge in [-0.25, -0.2) is 4.99 Å². The van der Waals surface area contributed by atoms with E-state index in [0.29, 0.717) is 21.6 Å². The number of hydrogen-bond donors (Lipinski definition) is 0. The highest BCUT2D eigenvalue weighted by Gasteiger charge is 2.32. The zero-order chi connectivity index (χ0) is 19.5. The van der Waals surface area contributed by atoms with E-state index >= 15 is 0 Å². The molecule has 0 bridgehead atoms. The summed E-state index contributed by atoms with van der Waals surface area (Å²) in [6.07, 6.45) is 4.47. The van der Waals surface area contributed by atoms with Gasteiger partial charge in [-0.2, -0.15) is 0 Å². The first-order valence-corrected chi connectivity index (χ1v) is 10.7. The number of thioether (sulfide) groups is 1. The van der Waals surface area contributed by atoms with Crippen LogP contribution >= 0.6 is 23.4 Å². The number of nitrogens with zero attached hydrogens (tertiary/aromatic N) is 3. The van der Waals surface area contributed by atoms with Gasteiger partial charge >= 0.3 is 0 Å². The maximum absolute atomic E-state index is 12.8. The van der Waals surface area contributed by atoms with Crippen LogP contribution in [0.2, 0.25) is 5.02 Å². The quantitative estimate of drug-likeness (QED) is 0.617. The summed E-state index contributed by atoms with van der Waals surface area (Å²) in [7, 11) is 0. The molecule has 0 radical (unpaired) electrons. The first-order chi connectivity index (χ1) is 13.6. The van der Waals surface area contributed by atoms with Crippen LogP contribution in [0, 0.1) is 0 Å². The zero-order valence-corrected chi connectivity index (χ0v) is 17.3. The zero-order valence-electron chi connectivity index (χ0n) is 15.8. The van der Waals surface area contributed by atoms with Gasteiger partial charge in [-0.3, -0.25) is 9.69 Å². The molecule has 2 saturated heterocycles. The number of amides is 1. The first kappa shape index (κ1) is 19.1. The smallest absolute Gasteiger partial charge is 0.266 e. The molecular weight excluding hydrogens is 390 g/mol. The molecule has 0 saturated carbocycles. The number of anilines is 1. The Kier molecular flexibility index (Phi) is 5.74. The fraction of sp³-hybridized carbons (Fsp3) is 0.273. The molecule has 1 amide bonds. The number of amidine groups is 1. The lowest BCUT2D eigenvalue weighted by Gasteiger charge is -2.17. The van der Waals surface area contributed by atoms with Crippen LogP contribution in [-0.4, -0.2) is 35.6 Å². The third-order valence-corrected chi connectivity index (χ3v) is 6.14. The fourth-order valence-corrected chi connectivity index (χ4v) is 4.68. The molecule has 4 rings (SSSR count). The predicted octanol–water partition coefficient (Wildman–Crippen LogP) is 5.56. The third-order valence-electron chi connectivity index (χ3n) is 4.90. The van der Waals surface area contributed by atoms with Gasteiger partial charge in [0.05, 0.1) is 10.6 Å². The molecule has 28 heavy (non-hydrogen) atoms. The van der Waals surface area contributed by atoms with Crippen molar-refractivity contribution in [3.05, 3.63) is 64.0 Å². The van der Waals surface area contributed by atoms with E-state index in [1.165, 1.54) is 30.3 Å². The fourth-order valence-electron chi connectivity index (χ4n) is 3.43. The number of likely N-dealkylation sites (N-methyl/N-ethyl adjacent to an activating group) is 1. The van der Waals surface area contributed by atoms with Crippen LogP contribution in [0.3, 0.4) is 0 Å². The second-order valence-electron chi connectivity index (χ2n) is 6.82. The minimum Gasteiger partial charge on any atom is -0.372 e. The van der Waals surface area contributed by atoms with E-state index in [1.807, 2.05) is 31.2 Å². The normalized spacial score (nSPS) is 20.0. The summed E-state index contributed by atoms with van der Waals surface area (Å²) in [6, 6.07) is 15.8. The first-order valence-electron chi connectivity index (χ1n) is 9.55. The van der Waals surface area contributed by atoms with Gasteiger partial charge in [-0.05, 0) is 73.5 Å². The van der Waals surface area contributed by atoms with E-state index in [4.69, 9.17) is 11.6 Å². The molecule has 0 N–H and O–H groups in total. The molecule has 0 aliphatic carbocycles. The topological polar surface area (TPSA) is 35.9 Å². The van der Waals surface area contributed by atoms with Crippen LogP contribution in [0.25, 0.3) is 6.08 Å². The summed E-state index contributed by atoms with van der Waals surface area (Å²) >= 11 is 7.46. The molecule has 2 aromatic carbocycles. The van der Waals surface area contributed by atoms with Crippen LogP contribution < -0.4 is 4.90 Å². The van der Waals surface area contributed by atoms with Gasteiger partial charge in [0.15, 0.2) is 5.17 Å². The molecule has 0 aromatic heterocycles. The Morgan fingerprint density at radius 3 is 2.57 bits per heavy atom. The average molecular weight is 412 g/mol. The Hall–Kier alpha value is -2.24. The summed E-state index contributed by atoms with van der Waals surface area (Å²) < 4.78 is 0. The van der Waals surface area contributed by atoms with Crippen molar-refractivity contribution >= 4 is 51.9 Å². The van der Waals surface area contributed by atoms with Crippen molar-refractivity contribution in [2.75, 3.05) is 24.5 Å². The Morgan fingerprint density at radius 2 is 1.89 bits per heavy atom. The van der Waals surface area contributed by atoms with Crippen molar-refractivity contribution in [1.29, 1.82) is 0 Å². The van der Waals surface area contributed by atoms with E-state index in [1.54, 1.807) is 11.0 Å². The van der Waals surface area contributed by atoms with Crippen LogP contribution in [0.5, 0.6) is 0 Å². The number of hydrogen-bond acceptors (Lipinski definition) is 4. The van der Waals surface area contributed by atoms with Crippen molar-refractivity contribution < 1.29 is 4.79 Å². The largest absolute Gasteiger partial charge is 0.372 e. The molecule has 144 valence electrons. The monoisotopic (exact) mass is 411 g/mol. The molecule has 0 spiro atoms. The summed E-state index contributed by atoms with van der Waals surface area (Å²) in [4.78, 5) is 22.2. The number of benzene rings is 2. The molecule has 4 nitrogen and oxygen atoms in total. The highest BCUT2D eigenvalue weighted by Crippen LogP contribution is 2.34. The number of carbonyl (C=O) groups excluding carboxylic acids is 1. The summed E-state index contributed by atoms with van der Waals surface area (Å²) in [5.41, 5.74) is 3.03. The maximum atomic E-state index is 12.8. The highest BCUT2D eigenvalue weighted by atomic mass is 35.5. The number of halogens is 1. The average Bonchev–Trinajstić information content (AvgIpc) is 3.32. The second-order valence-corrected chi connectivity index (χ2v) is 8.27. The van der Waals surface area contributed by atoms with E-state index in [2.05, 4.69) is 34.2 Å². The summed E-state index contributed by atoms with van der Waals surface area (Å²) in [6.45, 7) is 4.79. The van der Waals surface area contributed by atoms with Gasteiger partial charge in [0.1, 0.15) is 0 Å². The molecule has 6 heteroatoms. The minimum absolute atomic E-state index is 0.00287. The van der Waals surface area contributed by atoms with Gasteiger partial charge in [-0.15, -0.1) is 0 Å². The van der Waals surface area contributed by atoms with Crippen molar-refractivity contribution in [2.45, 2.75) is 19.8 Å². The van der Waals surface area contributed by atoms with Crippen LogP contribution in [-0.2, 0) is 4.79 Å². The molecule has 2 aliphatic heterocycles. The molecule has 0 unspecified atom stereocenters.